The highest BCUT2D eigenvalue weighted by Gasteiger charge is 2.11. The van der Waals surface area contributed by atoms with E-state index in [1.165, 1.54) is 22.2 Å². The van der Waals surface area contributed by atoms with Crippen LogP contribution >= 0.6 is 11.8 Å². The maximum absolute atomic E-state index is 11.2. The molecule has 0 saturated carbocycles. The number of aldehydes is 1. The molecule has 1 aromatic rings. The van der Waals surface area contributed by atoms with Crippen LogP contribution in [-0.4, -0.2) is 47.0 Å². The number of benzene rings is 1. The number of carbonyl (C=O) groups is 2. The predicted octanol–water partition coefficient (Wildman–Crippen LogP) is 3.09. The van der Waals surface area contributed by atoms with Gasteiger partial charge < -0.3 is 14.8 Å². The van der Waals surface area contributed by atoms with Gasteiger partial charge in [0.15, 0.2) is 0 Å². The average Bonchev–Trinajstić information content (AvgIpc) is 2.50. The first kappa shape index (κ1) is 17.6. The normalized spacial score (nSPS) is 10.3. The van der Waals surface area contributed by atoms with Gasteiger partial charge in [0.2, 0.25) is 0 Å². The number of carboxylic acid groups (broad SMARTS) is 1. The maximum atomic E-state index is 11.2. The van der Waals surface area contributed by atoms with Crippen molar-refractivity contribution in [1.29, 1.82) is 0 Å². The molecule has 0 fully saturated rings. The molecule has 0 spiro atoms. The topological polar surface area (TPSA) is 57.6 Å². The molecule has 0 aromatic heterocycles. The summed E-state index contributed by atoms with van der Waals surface area (Å²) in [7, 11) is 0. The van der Waals surface area contributed by atoms with Gasteiger partial charge in [-0.1, -0.05) is 31.2 Å². The molecule has 1 amide bonds. The summed E-state index contributed by atoms with van der Waals surface area (Å²) in [5, 5.41) is 9.20. The van der Waals surface area contributed by atoms with Gasteiger partial charge >= 0.3 is 6.09 Å². The summed E-state index contributed by atoms with van der Waals surface area (Å²) in [6, 6.07) is 8.32. The Morgan fingerprint density at radius 1 is 1.24 bits per heavy atom. The molecule has 1 N–H and O–H groups in total. The molecular weight excluding hydrogens is 286 g/mol. The van der Waals surface area contributed by atoms with E-state index in [2.05, 4.69) is 31.2 Å². The standard InChI is InChI=1S/C16H23NO3S/c1-2-14-4-6-15(7-5-14)8-10-17(16(19)20)9-3-12-21-13-11-18/h4-7,11H,2-3,8-10,12-13H2,1H3,(H,19,20). The maximum Gasteiger partial charge on any atom is 0.407 e. The minimum atomic E-state index is -0.874. The van der Waals surface area contributed by atoms with E-state index in [4.69, 9.17) is 0 Å². The highest BCUT2D eigenvalue weighted by molar-refractivity contribution is 7.99. The van der Waals surface area contributed by atoms with E-state index < -0.39 is 6.09 Å². The van der Waals surface area contributed by atoms with Crippen LogP contribution < -0.4 is 0 Å². The first-order valence-electron chi connectivity index (χ1n) is 7.24. The number of nitrogens with zero attached hydrogens (tertiary/aromatic N) is 1. The molecule has 0 aliphatic carbocycles. The zero-order valence-electron chi connectivity index (χ0n) is 12.5. The van der Waals surface area contributed by atoms with Crippen LogP contribution in [0.5, 0.6) is 0 Å². The lowest BCUT2D eigenvalue weighted by molar-refractivity contribution is -0.105. The van der Waals surface area contributed by atoms with Gasteiger partial charge in [-0.15, -0.1) is 0 Å². The lowest BCUT2D eigenvalue weighted by Crippen LogP contribution is -2.32. The van der Waals surface area contributed by atoms with Gasteiger partial charge in [-0.05, 0) is 36.1 Å². The Kier molecular flexibility index (Phi) is 8.59. The zero-order valence-corrected chi connectivity index (χ0v) is 13.3. The number of hydrogen-bond donors (Lipinski definition) is 1. The third kappa shape index (κ3) is 7.18. The van der Waals surface area contributed by atoms with Crippen LogP contribution in [0.15, 0.2) is 24.3 Å². The van der Waals surface area contributed by atoms with E-state index in [0.717, 1.165) is 36.9 Å². The van der Waals surface area contributed by atoms with Crippen LogP contribution in [-0.2, 0) is 17.6 Å². The lowest BCUT2D eigenvalue weighted by atomic mass is 10.1. The fourth-order valence-corrected chi connectivity index (χ4v) is 2.59. The van der Waals surface area contributed by atoms with Gasteiger partial charge in [-0.3, -0.25) is 0 Å². The molecule has 21 heavy (non-hydrogen) atoms. The number of thioether (sulfide) groups is 1. The monoisotopic (exact) mass is 309 g/mol. The number of amides is 1. The number of carbonyl (C=O) groups excluding carboxylic acids is 1. The molecule has 0 atom stereocenters. The van der Waals surface area contributed by atoms with Crippen LogP contribution in [0.1, 0.15) is 24.5 Å². The van der Waals surface area contributed by atoms with Crippen molar-refractivity contribution in [2.45, 2.75) is 26.2 Å². The lowest BCUT2D eigenvalue weighted by Gasteiger charge is -2.19. The number of aryl methyl sites for hydroxylation is 1. The van der Waals surface area contributed by atoms with E-state index in [9.17, 15) is 14.7 Å². The Morgan fingerprint density at radius 2 is 1.90 bits per heavy atom. The second-order valence-electron chi connectivity index (χ2n) is 4.78. The summed E-state index contributed by atoms with van der Waals surface area (Å²) in [4.78, 5) is 22.8. The minimum absolute atomic E-state index is 0.483. The summed E-state index contributed by atoms with van der Waals surface area (Å²) in [5.41, 5.74) is 2.45. The second-order valence-corrected chi connectivity index (χ2v) is 5.93. The van der Waals surface area contributed by atoms with Crippen molar-refractivity contribution in [3.05, 3.63) is 35.4 Å². The molecule has 5 heteroatoms. The molecule has 0 radical (unpaired) electrons. The van der Waals surface area contributed by atoms with Crippen LogP contribution in [0.2, 0.25) is 0 Å². The van der Waals surface area contributed by atoms with Crippen LogP contribution in [0.25, 0.3) is 0 Å². The van der Waals surface area contributed by atoms with E-state index in [0.29, 0.717) is 18.8 Å². The van der Waals surface area contributed by atoms with Crippen molar-refractivity contribution in [3.63, 3.8) is 0 Å². The highest BCUT2D eigenvalue weighted by atomic mass is 32.2. The smallest absolute Gasteiger partial charge is 0.407 e. The van der Waals surface area contributed by atoms with Crippen molar-refractivity contribution in [1.82, 2.24) is 4.90 Å². The largest absolute Gasteiger partial charge is 0.465 e. The highest BCUT2D eigenvalue weighted by Crippen LogP contribution is 2.08. The Balaban J connectivity index is 2.35. The molecule has 1 aromatic carbocycles. The van der Waals surface area contributed by atoms with Crippen molar-refractivity contribution in [2.24, 2.45) is 0 Å². The van der Waals surface area contributed by atoms with Crippen LogP contribution in [0.3, 0.4) is 0 Å². The quantitative estimate of drug-likeness (QED) is 0.533. The zero-order chi connectivity index (χ0) is 15.5. The summed E-state index contributed by atoms with van der Waals surface area (Å²) in [6.45, 7) is 3.15. The SMILES string of the molecule is CCc1ccc(CCN(CCCSCC=O)C(=O)O)cc1. The molecule has 0 bridgehead atoms. The molecule has 0 aliphatic rings. The van der Waals surface area contributed by atoms with Crippen molar-refractivity contribution >= 4 is 24.1 Å². The summed E-state index contributed by atoms with van der Waals surface area (Å²) >= 11 is 1.54. The molecule has 0 aliphatic heterocycles. The van der Waals surface area contributed by atoms with E-state index >= 15 is 0 Å². The van der Waals surface area contributed by atoms with Gasteiger partial charge in [-0.2, -0.15) is 11.8 Å². The number of rotatable bonds is 10. The van der Waals surface area contributed by atoms with Gasteiger partial charge in [0.05, 0.1) is 0 Å². The number of hydrogen-bond acceptors (Lipinski definition) is 3. The van der Waals surface area contributed by atoms with Crippen molar-refractivity contribution < 1.29 is 14.7 Å². The molecule has 4 nitrogen and oxygen atoms in total. The van der Waals surface area contributed by atoms with Crippen molar-refractivity contribution in [3.8, 4) is 0 Å². The third-order valence-electron chi connectivity index (χ3n) is 3.27. The Bertz CT molecular complexity index is 434. The Labute approximate surface area is 130 Å². The van der Waals surface area contributed by atoms with Crippen LogP contribution in [0, 0.1) is 0 Å². The summed E-state index contributed by atoms with van der Waals surface area (Å²) < 4.78 is 0. The fraction of sp³-hybridized carbons (Fsp3) is 0.500. The predicted molar refractivity (Wildman–Crippen MR) is 87.1 cm³/mol. The molecular formula is C16H23NO3S. The van der Waals surface area contributed by atoms with E-state index in [1.54, 1.807) is 0 Å². The fourth-order valence-electron chi connectivity index (χ4n) is 2.00. The van der Waals surface area contributed by atoms with Gasteiger partial charge in [0.1, 0.15) is 6.29 Å². The first-order chi connectivity index (χ1) is 10.2. The second kappa shape index (κ2) is 10.3. The Hall–Kier alpha value is -1.49. The van der Waals surface area contributed by atoms with Crippen molar-refractivity contribution in [2.75, 3.05) is 24.6 Å². The Morgan fingerprint density at radius 3 is 2.48 bits per heavy atom. The van der Waals surface area contributed by atoms with Crippen LogP contribution in [0.4, 0.5) is 4.79 Å². The van der Waals surface area contributed by atoms with Gasteiger partial charge in [-0.25, -0.2) is 4.79 Å². The minimum Gasteiger partial charge on any atom is -0.465 e. The molecule has 0 unspecified atom stereocenters. The van der Waals surface area contributed by atoms with E-state index in [1.807, 2.05) is 0 Å². The molecule has 0 saturated heterocycles. The summed E-state index contributed by atoms with van der Waals surface area (Å²) in [5.74, 6) is 1.30. The third-order valence-corrected chi connectivity index (χ3v) is 4.22. The summed E-state index contributed by atoms with van der Waals surface area (Å²) in [6.07, 6.45) is 2.53. The van der Waals surface area contributed by atoms with Gasteiger partial charge in [0, 0.05) is 18.8 Å². The average molecular weight is 309 g/mol. The van der Waals surface area contributed by atoms with Gasteiger partial charge in [0.25, 0.3) is 0 Å². The first-order valence-corrected chi connectivity index (χ1v) is 8.40. The molecule has 0 heterocycles. The van der Waals surface area contributed by atoms with E-state index in [-0.39, 0.29) is 0 Å². The molecule has 1 rings (SSSR count). The molecule has 116 valence electrons.